The number of hydrogen-bond acceptors (Lipinski definition) is 26. The molecule has 39 heteroatoms. The first kappa shape index (κ1) is 108. The number of aromatic nitrogens is 6. The first-order valence-electron chi connectivity index (χ1n) is 40.7. The van der Waals surface area contributed by atoms with Crippen molar-refractivity contribution in [3.05, 3.63) is 182 Å². The van der Waals surface area contributed by atoms with Crippen LogP contribution in [0.1, 0.15) is 147 Å². The number of halogens is 5. The average Bonchev–Trinajstić information content (AvgIpc) is 1.47. The molecule has 0 aliphatic carbocycles. The van der Waals surface area contributed by atoms with Crippen LogP contribution in [0.4, 0.5) is 54.0 Å². The van der Waals surface area contributed by atoms with Crippen molar-refractivity contribution in [2.75, 3.05) is 121 Å². The molecule has 0 radical (unpaired) electrons. The molecule has 0 spiro atoms. The number of aryl methyl sites for hydroxylation is 1. The minimum Gasteiger partial charge on any atom is -0.465 e. The summed E-state index contributed by atoms with van der Waals surface area (Å²) in [6.45, 7) is 31.0. The van der Waals surface area contributed by atoms with Gasteiger partial charge in [0.2, 0.25) is 17.7 Å². The number of nitrogen functional groups attached to an aromatic ring is 1. The Bertz CT molecular complexity index is 5150. The Morgan fingerprint density at radius 3 is 1.62 bits per heavy atom. The lowest BCUT2D eigenvalue weighted by atomic mass is 10.1. The molecule has 696 valence electrons. The number of anilines is 6. The van der Waals surface area contributed by atoms with E-state index in [0.29, 0.717) is 78.2 Å². The third-order valence-electron chi connectivity index (χ3n) is 17.3. The number of pyridine rings is 5. The number of para-hydroxylation sites is 1. The van der Waals surface area contributed by atoms with Crippen LogP contribution in [0.5, 0.6) is 0 Å². The molecule has 0 atom stereocenters. The van der Waals surface area contributed by atoms with Crippen LogP contribution in [0.2, 0.25) is 0 Å². The minimum atomic E-state index is -0.785. The van der Waals surface area contributed by atoms with Crippen LogP contribution < -0.4 is 42.5 Å². The van der Waals surface area contributed by atoms with E-state index in [9.17, 15) is 43.2 Å². The third kappa shape index (κ3) is 38.4. The van der Waals surface area contributed by atoms with Crippen molar-refractivity contribution in [2.45, 2.75) is 172 Å². The molecule has 7 amide bonds. The van der Waals surface area contributed by atoms with Gasteiger partial charge in [0, 0.05) is 177 Å². The zero-order valence-corrected chi connectivity index (χ0v) is 84.6. The fourth-order valence-electron chi connectivity index (χ4n) is 11.5. The first-order valence-corrected chi connectivity index (χ1v) is 44.6. The van der Waals surface area contributed by atoms with Crippen molar-refractivity contribution in [3.63, 3.8) is 0 Å². The van der Waals surface area contributed by atoms with Gasteiger partial charge in [-0.2, -0.15) is 0 Å². The predicted octanol–water partition coefficient (Wildman–Crippen LogP) is 16.5. The molecule has 8 aromatic rings. The van der Waals surface area contributed by atoms with Crippen LogP contribution in [0.15, 0.2) is 132 Å². The molecule has 128 heavy (non-hydrogen) atoms. The fourth-order valence-corrected chi connectivity index (χ4v) is 13.4. The Balaban J connectivity index is 0.000000281. The van der Waals surface area contributed by atoms with Crippen LogP contribution in [0.25, 0.3) is 17.0 Å². The summed E-state index contributed by atoms with van der Waals surface area (Å²) in [6, 6.07) is 23.5. The number of esters is 2. The van der Waals surface area contributed by atoms with E-state index in [4.69, 9.17) is 34.2 Å². The molecule has 0 saturated heterocycles. The molecule has 2 aliphatic heterocycles. The standard InChI is InChI=1S/C23H25N5O2.C21H32BrN3O6.C17H26BrN3O4.C11H16BrN3O2.C10H11BrN2O.C7H10BrN3/c1-15-19(18-6-4-5-7-20(18)26-15)14-28(3)21(29)9-8-16-10-17-13-27(2)22(30)12-25-23(17)24-11-16;1-9-29-16(26)13-25(19(28)31-21(5,6)7)17-14(10-15(22)11-23-17)12-24(8)18(27)30-20(2,3)4;1-16(2,3)24-14(22)20-13-11(8-12(18)9-19-13)10-21(7)15(23)25-17(4,5)6;1-3-17-10(16)7-15-11-8(5-13-2)4-9(12)6-14-11;1-13-6-7-4-8(11)2-3-9(7)12-5-10(13)14;1-10-3-5-2-6(8)4-11-7(5)9/h4-11,26H,12-14H2,1-3H3,(H,24,25);10-11H,9,12-13H2,1-8H3;8-9H,10H2,1-7H3,(H,19,20,22);4,6,13H,3,5,7H2,1-2H3,(H,14,15);2-4,12H,5-6H2,1H3;2,4,10H,3H2,1H3,(H2,9,11)/b9-8+;;;;;. The lowest BCUT2D eigenvalue weighted by Crippen LogP contribution is -2.42. The second-order valence-electron chi connectivity index (χ2n) is 33.1. The maximum absolute atomic E-state index is 12.9. The van der Waals surface area contributed by atoms with Crippen molar-refractivity contribution < 1.29 is 71.6 Å². The predicted molar refractivity (Wildman–Crippen MR) is 515 cm³/mol. The summed E-state index contributed by atoms with van der Waals surface area (Å²) in [4.78, 5) is 142. The second-order valence-corrected chi connectivity index (χ2v) is 37.7. The summed E-state index contributed by atoms with van der Waals surface area (Å²) in [6.07, 6.45) is 9.10. The molecule has 2 aromatic carbocycles. The SMILES string of the molecule is CCOC(=O)CN(C(=O)OC(C)(C)C)c1ncc(Br)cc1CN(C)C(=O)OC(C)(C)C.CCOC(=O)CNc1ncc(Br)cc1CNC.CN(Cc1cc(Br)cnc1NC(=O)OC(C)(C)C)C(=O)OC(C)(C)C.CN1Cc2cc(Br)ccc2NCC1=O.CNCc1cc(Br)cnc1N.Cc1[nH]c2ccccc2c1CN(C)C(=O)/C=C/c1cnc2c(c1)CN(C)C(=O)CN2. The van der Waals surface area contributed by atoms with Gasteiger partial charge >= 0.3 is 36.3 Å². The van der Waals surface area contributed by atoms with E-state index in [0.717, 1.165) is 85.0 Å². The monoisotopic (exact) mass is 2090 g/mol. The Labute approximate surface area is 791 Å². The number of nitrogens with two attached hydrogens (primary N) is 1. The van der Waals surface area contributed by atoms with Crippen molar-refractivity contribution in [1.82, 2.24) is 65.0 Å². The van der Waals surface area contributed by atoms with Crippen LogP contribution in [0, 0.1) is 6.92 Å². The number of nitrogens with one attached hydrogen (secondary N) is 7. The number of nitrogens with zero attached hydrogens (tertiary/aromatic N) is 11. The fraction of sp³-hybridized carbons (Fsp3) is 0.438. The number of aromatic amines is 1. The Hall–Kier alpha value is -10.6. The minimum absolute atomic E-state index is 0.0227. The number of carbonyl (C=O) groups is 9. The summed E-state index contributed by atoms with van der Waals surface area (Å²) in [5.74, 6) is 1.67. The molecular formula is C89H120Br5N19O15. The third-order valence-corrected chi connectivity index (χ3v) is 19.5. The van der Waals surface area contributed by atoms with E-state index >= 15 is 0 Å². The Kier molecular flexibility index (Phi) is 43.0. The van der Waals surface area contributed by atoms with E-state index in [2.05, 4.69) is 148 Å². The Morgan fingerprint density at radius 1 is 0.547 bits per heavy atom. The molecular weight excluding hydrogens is 1970 g/mol. The lowest BCUT2D eigenvalue weighted by Gasteiger charge is -2.29. The normalized spacial score (nSPS) is 12.3. The summed E-state index contributed by atoms with van der Waals surface area (Å²) in [5, 5.41) is 19.0. The van der Waals surface area contributed by atoms with Crippen LogP contribution in [-0.4, -0.2) is 220 Å². The van der Waals surface area contributed by atoms with Crippen molar-refractivity contribution in [3.8, 4) is 0 Å². The van der Waals surface area contributed by atoms with Crippen LogP contribution >= 0.6 is 79.6 Å². The number of H-pyrrole nitrogens is 1. The molecule has 9 N–H and O–H groups in total. The smallest absolute Gasteiger partial charge is 0.416 e. The van der Waals surface area contributed by atoms with Crippen molar-refractivity contribution >= 4 is 185 Å². The van der Waals surface area contributed by atoms with E-state index in [1.165, 1.54) is 16.0 Å². The van der Waals surface area contributed by atoms with Crippen LogP contribution in [0.3, 0.4) is 0 Å². The molecule has 6 aromatic heterocycles. The molecule has 0 fully saturated rings. The molecule has 8 heterocycles. The first-order chi connectivity index (χ1) is 59.9. The summed E-state index contributed by atoms with van der Waals surface area (Å²) in [7, 11) is 12.3. The molecule has 0 bridgehead atoms. The maximum atomic E-state index is 12.9. The van der Waals surface area contributed by atoms with Gasteiger partial charge in [-0.1, -0.05) is 34.1 Å². The lowest BCUT2D eigenvalue weighted by molar-refractivity contribution is -0.142. The van der Waals surface area contributed by atoms with Crippen molar-refractivity contribution in [2.24, 2.45) is 0 Å². The number of benzene rings is 2. The molecule has 0 unspecified atom stereocenters. The summed E-state index contributed by atoms with van der Waals surface area (Å²) < 4.78 is 35.5. The highest BCUT2D eigenvalue weighted by molar-refractivity contribution is 9.11. The van der Waals surface area contributed by atoms with E-state index < -0.39 is 52.7 Å². The molecule has 0 saturated carbocycles. The van der Waals surface area contributed by atoms with Gasteiger partial charge in [0.15, 0.2) is 0 Å². The zero-order chi connectivity index (χ0) is 95.7. The van der Waals surface area contributed by atoms with Gasteiger partial charge in [0.05, 0.1) is 39.4 Å². The number of amides is 7. The van der Waals surface area contributed by atoms with E-state index in [1.54, 1.807) is 189 Å². The maximum Gasteiger partial charge on any atom is 0.416 e. The van der Waals surface area contributed by atoms with Gasteiger partial charge in [-0.05, 0) is 259 Å². The highest BCUT2D eigenvalue weighted by atomic mass is 79.9. The topological polar surface area (TPSA) is 407 Å². The number of carbonyl (C=O) groups excluding carboxylic acids is 9. The van der Waals surface area contributed by atoms with Gasteiger partial charge in [-0.3, -0.25) is 29.3 Å². The highest BCUT2D eigenvalue weighted by Gasteiger charge is 2.32. The van der Waals surface area contributed by atoms with Gasteiger partial charge in [0.25, 0.3) is 0 Å². The molecule has 2 aliphatic rings. The second kappa shape index (κ2) is 51.0. The van der Waals surface area contributed by atoms with Crippen LogP contribution in [-0.2, 0) is 98.2 Å². The number of hydrogen-bond donors (Lipinski definition) is 8. The number of ether oxygens (including phenoxy) is 6. The summed E-state index contributed by atoms with van der Waals surface area (Å²) >= 11 is 16.8. The van der Waals surface area contributed by atoms with Gasteiger partial charge in [-0.15, -0.1) is 0 Å². The molecule has 10 rings (SSSR count). The van der Waals surface area contributed by atoms with Gasteiger partial charge in [0.1, 0.15) is 64.6 Å². The summed E-state index contributed by atoms with van der Waals surface area (Å²) in [5.41, 5.74) is 13.3. The highest BCUT2D eigenvalue weighted by Crippen LogP contribution is 2.30. The van der Waals surface area contributed by atoms with Gasteiger partial charge in [-0.25, -0.2) is 49.0 Å². The average molecular weight is 2100 g/mol. The quantitative estimate of drug-likeness (QED) is 0.0188. The molecule has 34 nitrogen and oxygen atoms in total. The van der Waals surface area contributed by atoms with E-state index in [1.807, 2.05) is 82.7 Å². The number of likely N-dealkylation sites (N-methyl/N-ethyl adjacent to an activating group) is 3. The number of fused-ring (bicyclic) bond motifs is 3. The largest absolute Gasteiger partial charge is 0.465 e. The number of rotatable bonds is 21. The van der Waals surface area contributed by atoms with Gasteiger partial charge < -0.3 is 90.2 Å². The zero-order valence-electron chi connectivity index (χ0n) is 76.7. The van der Waals surface area contributed by atoms with E-state index in [-0.39, 0.29) is 68.8 Å². The van der Waals surface area contributed by atoms with Crippen molar-refractivity contribution in [1.29, 1.82) is 0 Å². The Morgan fingerprint density at radius 2 is 1.05 bits per heavy atom.